The van der Waals surface area contributed by atoms with Crippen LogP contribution in [0.4, 0.5) is 14.5 Å². The summed E-state index contributed by atoms with van der Waals surface area (Å²) in [6.45, 7) is 4.37. The molecule has 0 aliphatic heterocycles. The summed E-state index contributed by atoms with van der Waals surface area (Å²) in [5.41, 5.74) is 0.297. The van der Waals surface area contributed by atoms with Crippen LogP contribution >= 0.6 is 0 Å². The standard InChI is InChI=1S/C34H35F2N3O4S/c1-34(2,3)37-33(41)31(22-25-12-6-4-7-13-25)38(23-26-14-10-11-17-30(26)36)32(40)24-39(28-20-18-27(35)19-21-28)44(42,43)29-15-8-5-9-16-29/h4-21,31H,22-24H2,1-3H3,(H,37,41)/t31-/m1/s1. The van der Waals surface area contributed by atoms with Gasteiger partial charge in [0.05, 0.1) is 10.6 Å². The first-order chi connectivity index (χ1) is 20.8. The maximum atomic E-state index is 15.0. The van der Waals surface area contributed by atoms with Crippen molar-refractivity contribution in [1.29, 1.82) is 0 Å². The number of nitrogens with zero attached hydrogens (tertiary/aromatic N) is 2. The van der Waals surface area contributed by atoms with Crippen LogP contribution in [0.2, 0.25) is 0 Å². The molecule has 0 bridgehead atoms. The Morgan fingerprint density at radius 1 is 0.795 bits per heavy atom. The molecule has 1 N–H and O–H groups in total. The first kappa shape index (κ1) is 32.3. The third-order valence-electron chi connectivity index (χ3n) is 6.79. The molecule has 10 heteroatoms. The van der Waals surface area contributed by atoms with E-state index in [0.29, 0.717) is 0 Å². The van der Waals surface area contributed by atoms with Crippen molar-refractivity contribution in [1.82, 2.24) is 10.2 Å². The summed E-state index contributed by atoms with van der Waals surface area (Å²) < 4.78 is 57.5. The van der Waals surface area contributed by atoms with E-state index in [1.165, 1.54) is 47.4 Å². The van der Waals surface area contributed by atoms with Crippen LogP contribution < -0.4 is 9.62 Å². The van der Waals surface area contributed by atoms with E-state index in [2.05, 4.69) is 5.32 Å². The van der Waals surface area contributed by atoms with Crippen molar-refractivity contribution < 1.29 is 26.8 Å². The van der Waals surface area contributed by atoms with Crippen LogP contribution in [-0.2, 0) is 32.6 Å². The molecule has 1 atom stereocenters. The zero-order valence-electron chi connectivity index (χ0n) is 24.8. The van der Waals surface area contributed by atoms with Gasteiger partial charge >= 0.3 is 0 Å². The molecular formula is C34H35F2N3O4S. The van der Waals surface area contributed by atoms with Crippen LogP contribution in [-0.4, -0.2) is 43.3 Å². The second-order valence-corrected chi connectivity index (χ2v) is 13.2. The Balaban J connectivity index is 1.82. The van der Waals surface area contributed by atoms with Crippen LogP contribution in [0, 0.1) is 11.6 Å². The fourth-order valence-corrected chi connectivity index (χ4v) is 6.11. The molecule has 7 nitrogen and oxygen atoms in total. The SMILES string of the molecule is CC(C)(C)NC(=O)[C@@H](Cc1ccccc1)N(Cc1ccccc1F)C(=O)CN(c1ccc(F)cc1)S(=O)(=O)c1ccccc1. The molecule has 0 aliphatic rings. The molecule has 0 fully saturated rings. The van der Waals surface area contributed by atoms with Crippen LogP contribution in [0.15, 0.2) is 114 Å². The van der Waals surface area contributed by atoms with Gasteiger partial charge in [0.15, 0.2) is 0 Å². The minimum absolute atomic E-state index is 0.0493. The average Bonchev–Trinajstić information content (AvgIpc) is 2.99. The minimum Gasteiger partial charge on any atom is -0.350 e. The molecule has 0 unspecified atom stereocenters. The Hall–Kier alpha value is -4.57. The van der Waals surface area contributed by atoms with E-state index in [0.717, 1.165) is 22.0 Å². The van der Waals surface area contributed by atoms with Crippen molar-refractivity contribution in [3.63, 3.8) is 0 Å². The van der Waals surface area contributed by atoms with Gasteiger partial charge in [-0.3, -0.25) is 13.9 Å². The summed E-state index contributed by atoms with van der Waals surface area (Å²) in [5, 5.41) is 2.92. The van der Waals surface area contributed by atoms with Gasteiger partial charge in [-0.1, -0.05) is 66.7 Å². The molecule has 0 saturated carbocycles. The first-order valence-electron chi connectivity index (χ1n) is 14.1. The lowest BCUT2D eigenvalue weighted by atomic mass is 10.0. The molecule has 0 aliphatic carbocycles. The van der Waals surface area contributed by atoms with E-state index in [9.17, 15) is 26.8 Å². The summed E-state index contributed by atoms with van der Waals surface area (Å²) in [7, 11) is -4.32. The topological polar surface area (TPSA) is 86.8 Å². The van der Waals surface area contributed by atoms with E-state index in [4.69, 9.17) is 0 Å². The third kappa shape index (κ3) is 8.29. The van der Waals surface area contributed by atoms with Gasteiger partial charge in [-0.2, -0.15) is 0 Å². The average molecular weight is 620 g/mol. The number of rotatable bonds is 11. The molecule has 4 aromatic carbocycles. The number of anilines is 1. The molecule has 4 rings (SSSR count). The smallest absolute Gasteiger partial charge is 0.264 e. The Kier molecular flexibility index (Phi) is 10.2. The highest BCUT2D eigenvalue weighted by atomic mass is 32.2. The maximum absolute atomic E-state index is 15.0. The summed E-state index contributed by atoms with van der Waals surface area (Å²) >= 11 is 0. The molecule has 0 spiro atoms. The number of hydrogen-bond acceptors (Lipinski definition) is 4. The lowest BCUT2D eigenvalue weighted by Crippen LogP contribution is -2.56. The van der Waals surface area contributed by atoms with E-state index in [-0.39, 0.29) is 29.1 Å². The van der Waals surface area contributed by atoms with Crippen LogP contribution in [0.3, 0.4) is 0 Å². The Bertz CT molecular complexity index is 1680. The molecule has 4 aromatic rings. The van der Waals surface area contributed by atoms with E-state index in [1.54, 1.807) is 57.2 Å². The van der Waals surface area contributed by atoms with Crippen molar-refractivity contribution in [3.05, 3.63) is 132 Å². The highest BCUT2D eigenvalue weighted by molar-refractivity contribution is 7.92. The number of hydrogen-bond donors (Lipinski definition) is 1. The third-order valence-corrected chi connectivity index (χ3v) is 8.58. The number of halogens is 2. The second kappa shape index (κ2) is 13.8. The quantitative estimate of drug-likeness (QED) is 0.233. The van der Waals surface area contributed by atoms with Crippen LogP contribution in [0.25, 0.3) is 0 Å². The second-order valence-electron chi connectivity index (χ2n) is 11.4. The highest BCUT2D eigenvalue weighted by Gasteiger charge is 2.36. The Morgan fingerprint density at radius 2 is 1.36 bits per heavy atom. The van der Waals surface area contributed by atoms with Gasteiger partial charge in [0.25, 0.3) is 10.0 Å². The van der Waals surface area contributed by atoms with Crippen LogP contribution in [0.5, 0.6) is 0 Å². The molecule has 2 amide bonds. The number of amides is 2. The fraction of sp³-hybridized carbons (Fsp3) is 0.235. The van der Waals surface area contributed by atoms with Gasteiger partial charge in [0.2, 0.25) is 11.8 Å². The lowest BCUT2D eigenvalue weighted by molar-refractivity contribution is -0.140. The van der Waals surface area contributed by atoms with E-state index >= 15 is 0 Å². The van der Waals surface area contributed by atoms with Gasteiger partial charge in [-0.05, 0) is 68.8 Å². The monoisotopic (exact) mass is 619 g/mol. The Labute approximate surface area is 257 Å². The van der Waals surface area contributed by atoms with Crippen molar-refractivity contribution in [2.45, 2.75) is 50.2 Å². The number of benzene rings is 4. The van der Waals surface area contributed by atoms with Crippen molar-refractivity contribution >= 4 is 27.5 Å². The molecule has 0 heterocycles. The van der Waals surface area contributed by atoms with Crippen molar-refractivity contribution in [2.75, 3.05) is 10.8 Å². The number of nitrogens with one attached hydrogen (secondary N) is 1. The predicted molar refractivity (Wildman–Crippen MR) is 166 cm³/mol. The first-order valence-corrected chi connectivity index (χ1v) is 15.5. The highest BCUT2D eigenvalue weighted by Crippen LogP contribution is 2.26. The van der Waals surface area contributed by atoms with Crippen molar-refractivity contribution in [3.8, 4) is 0 Å². The molecular weight excluding hydrogens is 584 g/mol. The normalized spacial score (nSPS) is 12.3. The number of carbonyl (C=O) groups excluding carboxylic acids is 2. The number of sulfonamides is 1. The van der Waals surface area contributed by atoms with Gasteiger partial charge < -0.3 is 10.2 Å². The molecule has 0 radical (unpaired) electrons. The summed E-state index contributed by atoms with van der Waals surface area (Å²) in [5.74, 6) is -2.39. The zero-order chi connectivity index (χ0) is 31.9. The summed E-state index contributed by atoms with van der Waals surface area (Å²) in [6, 6.07) is 26.1. The summed E-state index contributed by atoms with van der Waals surface area (Å²) in [4.78, 5) is 29.3. The van der Waals surface area contributed by atoms with Gasteiger partial charge in [0, 0.05) is 24.1 Å². The maximum Gasteiger partial charge on any atom is 0.264 e. The van der Waals surface area contributed by atoms with E-state index in [1.807, 2.05) is 18.2 Å². The zero-order valence-corrected chi connectivity index (χ0v) is 25.6. The molecule has 44 heavy (non-hydrogen) atoms. The van der Waals surface area contributed by atoms with Gasteiger partial charge in [-0.15, -0.1) is 0 Å². The molecule has 0 aromatic heterocycles. The van der Waals surface area contributed by atoms with Gasteiger partial charge in [-0.25, -0.2) is 17.2 Å². The molecule has 230 valence electrons. The largest absolute Gasteiger partial charge is 0.350 e. The summed E-state index contributed by atoms with van der Waals surface area (Å²) in [6.07, 6.45) is 0.0882. The number of carbonyl (C=O) groups is 2. The lowest BCUT2D eigenvalue weighted by Gasteiger charge is -2.35. The fourth-order valence-electron chi connectivity index (χ4n) is 4.67. The van der Waals surface area contributed by atoms with Gasteiger partial charge in [0.1, 0.15) is 24.2 Å². The van der Waals surface area contributed by atoms with Crippen LogP contribution in [0.1, 0.15) is 31.9 Å². The predicted octanol–water partition coefficient (Wildman–Crippen LogP) is 5.71. The Morgan fingerprint density at radius 3 is 1.95 bits per heavy atom. The van der Waals surface area contributed by atoms with E-state index < -0.39 is 51.6 Å². The minimum atomic E-state index is -4.32. The molecule has 0 saturated heterocycles. The van der Waals surface area contributed by atoms with Crippen molar-refractivity contribution in [2.24, 2.45) is 0 Å².